The summed E-state index contributed by atoms with van der Waals surface area (Å²) in [5.41, 5.74) is 6.30. The van der Waals surface area contributed by atoms with Gasteiger partial charge in [0.1, 0.15) is 11.5 Å². The molecule has 0 spiro atoms. The van der Waals surface area contributed by atoms with Crippen LogP contribution in [0.4, 0.5) is 11.5 Å². The number of amides is 1. The zero-order chi connectivity index (χ0) is 23.9. The minimum absolute atomic E-state index is 0.126. The number of carbonyl (C=O) groups is 1. The number of rotatable bonds is 4. The van der Waals surface area contributed by atoms with E-state index in [1.807, 2.05) is 30.2 Å². The lowest BCUT2D eigenvalue weighted by Gasteiger charge is -2.32. The van der Waals surface area contributed by atoms with E-state index >= 15 is 0 Å². The zero-order valence-electron chi connectivity index (χ0n) is 20.1. The largest absolute Gasteiger partial charge is 0.374 e. The van der Waals surface area contributed by atoms with Crippen molar-refractivity contribution in [1.29, 1.82) is 0 Å². The Labute approximate surface area is 204 Å². The maximum atomic E-state index is 12.7. The molecule has 1 N–H and O–H groups in total. The van der Waals surface area contributed by atoms with Gasteiger partial charge in [0, 0.05) is 50.1 Å². The Balaban J connectivity index is 1.47. The van der Waals surface area contributed by atoms with Crippen molar-refractivity contribution in [3.63, 3.8) is 0 Å². The Morgan fingerprint density at radius 3 is 2.80 bits per heavy atom. The average Bonchev–Trinajstić information content (AvgIpc) is 3.59. The quantitative estimate of drug-likeness (QED) is 0.461. The summed E-state index contributed by atoms with van der Waals surface area (Å²) >= 11 is 0. The fourth-order valence-electron chi connectivity index (χ4n) is 5.32. The van der Waals surface area contributed by atoms with Crippen LogP contribution in [0.2, 0.25) is 0 Å². The number of hydrogen-bond acceptors (Lipinski definition) is 5. The number of pyridine rings is 1. The van der Waals surface area contributed by atoms with Gasteiger partial charge in [0.2, 0.25) is 0 Å². The summed E-state index contributed by atoms with van der Waals surface area (Å²) in [5, 5.41) is 9.12. The van der Waals surface area contributed by atoms with E-state index in [1.54, 1.807) is 7.05 Å². The first-order chi connectivity index (χ1) is 17.1. The second-order valence-corrected chi connectivity index (χ2v) is 9.39. The van der Waals surface area contributed by atoms with E-state index in [4.69, 9.17) is 9.72 Å². The second-order valence-electron chi connectivity index (χ2n) is 9.39. The number of hydrogen-bond donors (Lipinski definition) is 1. The molecule has 1 atom stereocenters. The fraction of sp³-hybridized carbons (Fsp3) is 0.321. The number of anilines is 2. The molecule has 2 aromatic carbocycles. The number of nitrogens with zero attached hydrogens (tertiary/aromatic N) is 4. The van der Waals surface area contributed by atoms with Gasteiger partial charge in [0.25, 0.3) is 5.91 Å². The van der Waals surface area contributed by atoms with Crippen LogP contribution in [0, 0.1) is 0 Å². The molecular weight excluding hydrogens is 438 g/mol. The number of nitrogens with one attached hydrogen (secondary N) is 1. The van der Waals surface area contributed by atoms with Gasteiger partial charge in [0.05, 0.1) is 12.3 Å². The molecule has 0 radical (unpaired) electrons. The van der Waals surface area contributed by atoms with Crippen LogP contribution in [0.15, 0.2) is 54.9 Å². The third-order valence-electron chi connectivity index (χ3n) is 7.09. The summed E-state index contributed by atoms with van der Waals surface area (Å²) in [5.74, 6) is 0.648. The molecule has 0 bridgehead atoms. The van der Waals surface area contributed by atoms with Crippen molar-refractivity contribution >= 4 is 28.2 Å². The normalized spacial score (nSPS) is 17.5. The second kappa shape index (κ2) is 8.82. The van der Waals surface area contributed by atoms with Crippen LogP contribution in [0.1, 0.15) is 47.0 Å². The molecule has 7 heteroatoms. The first kappa shape index (κ1) is 21.8. The molecule has 6 rings (SSSR count). The minimum atomic E-state index is -0.181. The molecule has 7 nitrogen and oxygen atoms in total. The molecule has 2 aliphatic rings. The smallest absolute Gasteiger partial charge is 0.269 e. The van der Waals surface area contributed by atoms with Crippen molar-refractivity contribution in [2.45, 2.75) is 31.8 Å². The third kappa shape index (κ3) is 3.96. The minimum Gasteiger partial charge on any atom is -0.374 e. The number of fused-ring (bicyclic) bond motifs is 2. The van der Waals surface area contributed by atoms with Gasteiger partial charge < -0.3 is 15.0 Å². The topological polar surface area (TPSA) is 72.3 Å². The van der Waals surface area contributed by atoms with Crippen molar-refractivity contribution in [3.05, 3.63) is 71.7 Å². The Morgan fingerprint density at radius 2 is 2.03 bits per heavy atom. The van der Waals surface area contributed by atoms with Crippen LogP contribution in [-0.2, 0) is 18.2 Å². The van der Waals surface area contributed by atoms with Crippen molar-refractivity contribution in [2.24, 2.45) is 7.05 Å². The van der Waals surface area contributed by atoms with Crippen LogP contribution in [-0.4, -0.2) is 40.9 Å². The molecule has 0 saturated carbocycles. The number of ether oxygens (including phenoxy) is 1. The summed E-state index contributed by atoms with van der Waals surface area (Å²) in [6.07, 6.45) is 8.21. The SMILES string of the molecule is CNC(=O)c1cc2cc(C3CCCO3)ccc2c(N2CCCc3cc(-c4cnn(C)c4)ccc32)n1. The summed E-state index contributed by atoms with van der Waals surface area (Å²) in [4.78, 5) is 19.8. The molecule has 35 heavy (non-hydrogen) atoms. The van der Waals surface area contributed by atoms with Gasteiger partial charge in [-0.2, -0.15) is 5.10 Å². The maximum Gasteiger partial charge on any atom is 0.269 e. The van der Waals surface area contributed by atoms with Gasteiger partial charge in [-0.25, -0.2) is 4.98 Å². The van der Waals surface area contributed by atoms with Crippen molar-refractivity contribution in [3.8, 4) is 11.1 Å². The van der Waals surface area contributed by atoms with Crippen LogP contribution in [0.5, 0.6) is 0 Å². The van der Waals surface area contributed by atoms with Crippen molar-refractivity contribution in [2.75, 3.05) is 25.1 Å². The van der Waals surface area contributed by atoms with Gasteiger partial charge in [-0.15, -0.1) is 0 Å². The Hall–Kier alpha value is -3.71. The van der Waals surface area contributed by atoms with Gasteiger partial charge in [-0.1, -0.05) is 18.2 Å². The Morgan fingerprint density at radius 1 is 1.11 bits per heavy atom. The van der Waals surface area contributed by atoms with E-state index < -0.39 is 0 Å². The first-order valence-electron chi connectivity index (χ1n) is 12.3. The summed E-state index contributed by atoms with van der Waals surface area (Å²) in [7, 11) is 3.58. The van der Waals surface area contributed by atoms with Crippen LogP contribution in [0.25, 0.3) is 21.9 Å². The van der Waals surface area contributed by atoms with Gasteiger partial charge in [0.15, 0.2) is 0 Å². The molecule has 2 aliphatic heterocycles. The predicted molar refractivity (Wildman–Crippen MR) is 137 cm³/mol. The van der Waals surface area contributed by atoms with Gasteiger partial charge in [-0.3, -0.25) is 9.48 Å². The maximum absolute atomic E-state index is 12.7. The Kier molecular flexibility index (Phi) is 5.49. The number of aryl methyl sites for hydroxylation is 2. The summed E-state index contributed by atoms with van der Waals surface area (Å²) < 4.78 is 7.74. The van der Waals surface area contributed by atoms with E-state index in [0.29, 0.717) is 5.69 Å². The van der Waals surface area contributed by atoms with E-state index in [0.717, 1.165) is 77.8 Å². The molecule has 178 valence electrons. The molecule has 1 amide bonds. The standard InChI is InChI=1S/C28H29N5O2/c1-29-28(34)24-15-21-14-20(26-6-4-12-35-26)7-9-23(21)27(31-24)33-11-3-5-19-13-18(8-10-25(19)33)22-16-30-32(2)17-22/h7-10,13-17,26H,3-6,11-12H2,1-2H3,(H,29,34). The number of carbonyl (C=O) groups excluding carboxylic acids is 1. The molecule has 4 aromatic rings. The highest BCUT2D eigenvalue weighted by Crippen LogP contribution is 2.39. The average molecular weight is 468 g/mol. The predicted octanol–water partition coefficient (Wildman–Crippen LogP) is 4.93. The van der Waals surface area contributed by atoms with Crippen LogP contribution in [0.3, 0.4) is 0 Å². The summed E-state index contributed by atoms with van der Waals surface area (Å²) in [6.45, 7) is 1.66. The number of benzene rings is 2. The van der Waals surface area contributed by atoms with Crippen LogP contribution < -0.4 is 10.2 Å². The van der Waals surface area contributed by atoms with Crippen molar-refractivity contribution < 1.29 is 9.53 Å². The van der Waals surface area contributed by atoms with E-state index in [-0.39, 0.29) is 12.0 Å². The van der Waals surface area contributed by atoms with E-state index in [1.165, 1.54) is 5.56 Å². The van der Waals surface area contributed by atoms with Crippen LogP contribution >= 0.6 is 0 Å². The highest BCUT2D eigenvalue weighted by Gasteiger charge is 2.25. The lowest BCUT2D eigenvalue weighted by molar-refractivity contribution is 0.0958. The highest BCUT2D eigenvalue weighted by molar-refractivity contribution is 6.01. The van der Waals surface area contributed by atoms with E-state index in [9.17, 15) is 4.79 Å². The lowest BCUT2D eigenvalue weighted by atomic mass is 9.96. The highest BCUT2D eigenvalue weighted by atomic mass is 16.5. The van der Waals surface area contributed by atoms with E-state index in [2.05, 4.69) is 51.7 Å². The molecule has 4 heterocycles. The van der Waals surface area contributed by atoms with Gasteiger partial charge >= 0.3 is 0 Å². The molecule has 1 unspecified atom stereocenters. The number of aromatic nitrogens is 3. The molecule has 1 fully saturated rings. The zero-order valence-corrected chi connectivity index (χ0v) is 20.1. The Bertz CT molecular complexity index is 1420. The molecular formula is C28H29N5O2. The third-order valence-corrected chi connectivity index (χ3v) is 7.09. The molecule has 1 saturated heterocycles. The van der Waals surface area contributed by atoms with Crippen molar-refractivity contribution in [1.82, 2.24) is 20.1 Å². The van der Waals surface area contributed by atoms with Gasteiger partial charge in [-0.05, 0) is 72.0 Å². The molecule has 0 aliphatic carbocycles. The summed E-state index contributed by atoms with van der Waals surface area (Å²) in [6, 6.07) is 14.9. The molecule has 2 aromatic heterocycles. The fourth-order valence-corrected chi connectivity index (χ4v) is 5.32. The first-order valence-corrected chi connectivity index (χ1v) is 12.3. The monoisotopic (exact) mass is 467 g/mol. The lowest BCUT2D eigenvalue weighted by Crippen LogP contribution is -2.27.